The molecule has 2 aromatic rings. The van der Waals surface area contributed by atoms with Gasteiger partial charge in [-0.3, -0.25) is 9.59 Å². The number of ether oxygens (including phenoxy) is 1. The largest absolute Gasteiger partial charge is 0.478 e. The molecular weight excluding hydrogens is 420 g/mol. The molecule has 0 unspecified atom stereocenters. The summed E-state index contributed by atoms with van der Waals surface area (Å²) in [7, 11) is 1.56. The Hall–Kier alpha value is -2.05. The van der Waals surface area contributed by atoms with Gasteiger partial charge in [0.2, 0.25) is 5.91 Å². The first-order chi connectivity index (χ1) is 12.2. The molecule has 7 heteroatoms. The van der Waals surface area contributed by atoms with Gasteiger partial charge < -0.3 is 15.0 Å². The maximum Gasteiger partial charge on any atom is 0.266 e. The third-order valence-corrected chi connectivity index (χ3v) is 4.52. The van der Waals surface area contributed by atoms with Gasteiger partial charge in [-0.1, -0.05) is 23.7 Å². The minimum atomic E-state index is -1.13. The van der Waals surface area contributed by atoms with Gasteiger partial charge in [-0.15, -0.1) is 0 Å². The van der Waals surface area contributed by atoms with Crippen LogP contribution in [0.4, 0.5) is 5.69 Å². The molecule has 0 aliphatic rings. The molecular formula is C19H20BrClN2O3. The Kier molecular flexibility index (Phi) is 6.67. The van der Waals surface area contributed by atoms with Gasteiger partial charge >= 0.3 is 0 Å². The van der Waals surface area contributed by atoms with E-state index in [0.717, 1.165) is 4.47 Å². The number of nitrogens with zero attached hydrogens (tertiary/aromatic N) is 1. The van der Waals surface area contributed by atoms with Crippen molar-refractivity contribution >= 4 is 45.0 Å². The van der Waals surface area contributed by atoms with Crippen molar-refractivity contribution in [3.05, 3.63) is 58.0 Å². The summed E-state index contributed by atoms with van der Waals surface area (Å²) in [5.74, 6) is -0.0800. The number of benzene rings is 2. The molecule has 1 N–H and O–H groups in total. The maximum atomic E-state index is 12.7. The fraction of sp³-hybridized carbons (Fsp3) is 0.263. The van der Waals surface area contributed by atoms with E-state index in [1.54, 1.807) is 51.2 Å². The van der Waals surface area contributed by atoms with Crippen LogP contribution >= 0.6 is 27.5 Å². The number of likely N-dealkylation sites (N-methyl/N-ethyl adjacent to an activating group) is 1. The molecule has 0 heterocycles. The average molecular weight is 440 g/mol. The van der Waals surface area contributed by atoms with Crippen LogP contribution in [0.5, 0.6) is 5.75 Å². The lowest BCUT2D eigenvalue weighted by molar-refractivity contribution is -0.145. The van der Waals surface area contributed by atoms with Gasteiger partial charge in [0.15, 0.2) is 5.60 Å². The van der Waals surface area contributed by atoms with Crippen molar-refractivity contribution in [3.63, 3.8) is 0 Å². The van der Waals surface area contributed by atoms with Gasteiger partial charge in [0, 0.05) is 16.5 Å². The Labute approximate surface area is 166 Å². The van der Waals surface area contributed by atoms with Gasteiger partial charge in [-0.2, -0.15) is 0 Å². The number of carbonyl (C=O) groups is 2. The molecule has 0 spiro atoms. The Morgan fingerprint density at radius 1 is 1.15 bits per heavy atom. The van der Waals surface area contributed by atoms with Crippen LogP contribution in [0.2, 0.25) is 5.02 Å². The number of para-hydroxylation sites is 1. The molecule has 2 aromatic carbocycles. The average Bonchev–Trinajstić information content (AvgIpc) is 2.58. The van der Waals surface area contributed by atoms with Gasteiger partial charge in [0.25, 0.3) is 5.91 Å². The number of amides is 2. The zero-order chi connectivity index (χ0) is 19.3. The van der Waals surface area contributed by atoms with Crippen molar-refractivity contribution < 1.29 is 14.3 Å². The predicted molar refractivity (Wildman–Crippen MR) is 107 cm³/mol. The van der Waals surface area contributed by atoms with Crippen LogP contribution in [0.3, 0.4) is 0 Å². The molecule has 0 saturated carbocycles. The minimum Gasteiger partial charge on any atom is -0.478 e. The first-order valence-corrected chi connectivity index (χ1v) is 9.10. The molecule has 0 fully saturated rings. The highest BCUT2D eigenvalue weighted by atomic mass is 79.9. The van der Waals surface area contributed by atoms with Crippen molar-refractivity contribution in [1.29, 1.82) is 0 Å². The van der Waals surface area contributed by atoms with Crippen LogP contribution in [0.25, 0.3) is 0 Å². The van der Waals surface area contributed by atoms with E-state index in [4.69, 9.17) is 16.3 Å². The normalized spacial score (nSPS) is 11.0. The fourth-order valence-electron chi connectivity index (χ4n) is 2.34. The van der Waals surface area contributed by atoms with Crippen LogP contribution in [-0.4, -0.2) is 35.9 Å². The summed E-state index contributed by atoms with van der Waals surface area (Å²) < 4.78 is 6.54. The molecule has 0 saturated heterocycles. The van der Waals surface area contributed by atoms with E-state index in [9.17, 15) is 9.59 Å². The van der Waals surface area contributed by atoms with E-state index in [1.165, 1.54) is 4.90 Å². The van der Waals surface area contributed by atoms with E-state index in [2.05, 4.69) is 21.2 Å². The quantitative estimate of drug-likeness (QED) is 0.728. The first-order valence-electron chi connectivity index (χ1n) is 7.93. The number of carbonyl (C=O) groups excluding carboxylic acids is 2. The van der Waals surface area contributed by atoms with Crippen LogP contribution in [0.15, 0.2) is 53.0 Å². The van der Waals surface area contributed by atoms with Crippen LogP contribution in [0, 0.1) is 0 Å². The lowest BCUT2D eigenvalue weighted by atomic mass is 10.1. The summed E-state index contributed by atoms with van der Waals surface area (Å²) in [6.45, 7) is 3.23. The smallest absolute Gasteiger partial charge is 0.266 e. The number of rotatable bonds is 6. The van der Waals surface area contributed by atoms with Crippen molar-refractivity contribution in [2.45, 2.75) is 19.4 Å². The molecule has 0 aromatic heterocycles. The zero-order valence-corrected chi connectivity index (χ0v) is 17.1. The summed E-state index contributed by atoms with van der Waals surface area (Å²) in [5, 5.41) is 3.35. The standard InChI is InChI=1S/C19H20BrClN2O3/c1-19(2,26-14-10-8-13(21)9-11-14)18(25)23(3)12-17(24)22-16-7-5-4-6-15(16)20/h4-11H,12H2,1-3H3,(H,22,24). The summed E-state index contributed by atoms with van der Waals surface area (Å²) in [6, 6.07) is 14.0. The van der Waals surface area contributed by atoms with Crippen LogP contribution in [-0.2, 0) is 9.59 Å². The SMILES string of the molecule is CN(CC(=O)Nc1ccccc1Br)C(=O)C(C)(C)Oc1ccc(Cl)cc1. The second-order valence-corrected chi connectivity index (χ2v) is 7.55. The van der Waals surface area contributed by atoms with E-state index >= 15 is 0 Å². The van der Waals surface area contributed by atoms with E-state index in [1.807, 2.05) is 18.2 Å². The van der Waals surface area contributed by atoms with Gasteiger partial charge in [0.1, 0.15) is 5.75 Å². The Morgan fingerprint density at radius 3 is 2.38 bits per heavy atom. The molecule has 2 amide bonds. The molecule has 0 bridgehead atoms. The molecule has 138 valence electrons. The highest BCUT2D eigenvalue weighted by Gasteiger charge is 2.33. The summed E-state index contributed by atoms with van der Waals surface area (Å²) in [4.78, 5) is 26.2. The number of halogens is 2. The third-order valence-electron chi connectivity index (χ3n) is 3.58. The molecule has 0 aliphatic carbocycles. The molecule has 0 atom stereocenters. The first kappa shape index (κ1) is 20.3. The zero-order valence-electron chi connectivity index (χ0n) is 14.8. The van der Waals surface area contributed by atoms with Gasteiger partial charge in [-0.05, 0) is 66.2 Å². The molecule has 0 radical (unpaired) electrons. The molecule has 5 nitrogen and oxygen atoms in total. The topological polar surface area (TPSA) is 58.6 Å². The Morgan fingerprint density at radius 2 is 1.77 bits per heavy atom. The van der Waals surface area contributed by atoms with Crippen molar-refractivity contribution in [2.24, 2.45) is 0 Å². The van der Waals surface area contributed by atoms with Gasteiger partial charge in [-0.25, -0.2) is 0 Å². The molecule has 0 aliphatic heterocycles. The van der Waals surface area contributed by atoms with Gasteiger partial charge in [0.05, 0.1) is 12.2 Å². The van der Waals surface area contributed by atoms with Crippen molar-refractivity contribution in [3.8, 4) is 5.75 Å². The second kappa shape index (κ2) is 8.56. The summed E-state index contributed by atoms with van der Waals surface area (Å²) in [6.07, 6.45) is 0. The number of hydrogen-bond acceptors (Lipinski definition) is 3. The number of nitrogens with one attached hydrogen (secondary N) is 1. The summed E-state index contributed by atoms with van der Waals surface area (Å²) >= 11 is 9.22. The monoisotopic (exact) mass is 438 g/mol. The number of hydrogen-bond donors (Lipinski definition) is 1. The molecule has 26 heavy (non-hydrogen) atoms. The lowest BCUT2D eigenvalue weighted by Gasteiger charge is -2.29. The lowest BCUT2D eigenvalue weighted by Crippen LogP contribution is -2.49. The van der Waals surface area contributed by atoms with Crippen molar-refractivity contribution in [2.75, 3.05) is 18.9 Å². The van der Waals surface area contributed by atoms with E-state index in [0.29, 0.717) is 16.5 Å². The minimum absolute atomic E-state index is 0.0897. The maximum absolute atomic E-state index is 12.7. The predicted octanol–water partition coefficient (Wildman–Crippen LogP) is 4.36. The second-order valence-electron chi connectivity index (χ2n) is 6.26. The number of anilines is 1. The van der Waals surface area contributed by atoms with Crippen LogP contribution < -0.4 is 10.1 Å². The molecule has 2 rings (SSSR count). The Bertz CT molecular complexity index is 794. The van der Waals surface area contributed by atoms with E-state index < -0.39 is 5.60 Å². The third kappa shape index (κ3) is 5.47. The van der Waals surface area contributed by atoms with E-state index in [-0.39, 0.29) is 18.4 Å². The Balaban J connectivity index is 1.97. The highest BCUT2D eigenvalue weighted by Crippen LogP contribution is 2.23. The van der Waals surface area contributed by atoms with Crippen molar-refractivity contribution in [1.82, 2.24) is 4.90 Å². The van der Waals surface area contributed by atoms with Crippen LogP contribution in [0.1, 0.15) is 13.8 Å². The summed E-state index contributed by atoms with van der Waals surface area (Å²) in [5.41, 5.74) is -0.481. The highest BCUT2D eigenvalue weighted by molar-refractivity contribution is 9.10. The fourth-order valence-corrected chi connectivity index (χ4v) is 2.85.